The van der Waals surface area contributed by atoms with Crippen molar-refractivity contribution in [3.8, 4) is 0 Å². The van der Waals surface area contributed by atoms with Crippen molar-refractivity contribution < 1.29 is 4.74 Å². The second-order valence-electron chi connectivity index (χ2n) is 7.49. The van der Waals surface area contributed by atoms with E-state index in [0.717, 1.165) is 25.5 Å². The molecule has 4 atom stereocenters. The lowest BCUT2D eigenvalue weighted by molar-refractivity contribution is -0.0536. The third kappa shape index (κ3) is 2.58. The summed E-state index contributed by atoms with van der Waals surface area (Å²) >= 11 is 0. The highest BCUT2D eigenvalue weighted by Gasteiger charge is 2.61. The third-order valence-electron chi connectivity index (χ3n) is 6.39. The van der Waals surface area contributed by atoms with Gasteiger partial charge >= 0.3 is 0 Å². The van der Waals surface area contributed by atoms with Gasteiger partial charge in [0.05, 0.1) is 12.7 Å². The van der Waals surface area contributed by atoms with Crippen LogP contribution >= 0.6 is 0 Å². The first-order valence-corrected chi connectivity index (χ1v) is 8.30. The van der Waals surface area contributed by atoms with Gasteiger partial charge in [0.15, 0.2) is 0 Å². The number of hydrogen-bond acceptors (Lipinski definition) is 2. The van der Waals surface area contributed by atoms with Crippen LogP contribution in [0, 0.1) is 16.7 Å². The fraction of sp³-hybridized carbons (Fsp3) is 1.00. The maximum Gasteiger partial charge on any atom is 0.0637 e. The molecule has 0 spiro atoms. The van der Waals surface area contributed by atoms with Gasteiger partial charge < -0.3 is 10.1 Å². The van der Waals surface area contributed by atoms with E-state index in [1.807, 2.05) is 0 Å². The zero-order valence-electron chi connectivity index (χ0n) is 13.6. The number of ether oxygens (including phenoxy) is 1. The summed E-state index contributed by atoms with van der Waals surface area (Å²) < 4.78 is 6.36. The fourth-order valence-electron chi connectivity index (χ4n) is 4.28. The van der Waals surface area contributed by atoms with Gasteiger partial charge in [-0.25, -0.2) is 0 Å². The van der Waals surface area contributed by atoms with Gasteiger partial charge in [-0.3, -0.25) is 0 Å². The van der Waals surface area contributed by atoms with E-state index in [-0.39, 0.29) is 0 Å². The summed E-state index contributed by atoms with van der Waals surface area (Å²) in [5.74, 6) is 0.881. The molecular formula is C17H33NO. The molecule has 2 bridgehead atoms. The summed E-state index contributed by atoms with van der Waals surface area (Å²) in [4.78, 5) is 0. The monoisotopic (exact) mass is 267 g/mol. The molecule has 2 aliphatic carbocycles. The fourth-order valence-corrected chi connectivity index (χ4v) is 4.28. The third-order valence-corrected chi connectivity index (χ3v) is 6.39. The minimum absolute atomic E-state index is 0.403. The molecule has 112 valence electrons. The van der Waals surface area contributed by atoms with Crippen molar-refractivity contribution >= 4 is 0 Å². The average molecular weight is 267 g/mol. The summed E-state index contributed by atoms with van der Waals surface area (Å²) in [5, 5.41) is 3.60. The van der Waals surface area contributed by atoms with Crippen molar-refractivity contribution in [2.75, 3.05) is 13.2 Å². The first-order valence-electron chi connectivity index (χ1n) is 8.30. The standard InChI is InChI=1S/C17H33NO/c1-6-10-18-14(7-2)12-19-15-11-13-8-9-17(15,5)16(13,3)4/h13-15,18H,6-12H2,1-5H3. The molecule has 0 amide bonds. The Kier molecular flexibility index (Phi) is 4.62. The highest BCUT2D eigenvalue weighted by atomic mass is 16.5. The molecule has 0 aromatic rings. The Labute approximate surface area is 119 Å². The van der Waals surface area contributed by atoms with Crippen LogP contribution < -0.4 is 5.32 Å². The van der Waals surface area contributed by atoms with Crippen molar-refractivity contribution in [1.29, 1.82) is 0 Å². The number of rotatable bonds is 7. The van der Waals surface area contributed by atoms with E-state index < -0.39 is 0 Å². The molecule has 2 heteroatoms. The molecule has 2 rings (SSSR count). The number of fused-ring (bicyclic) bond motifs is 2. The summed E-state index contributed by atoms with van der Waals surface area (Å²) in [6.07, 6.45) is 6.90. The molecule has 1 N–H and O–H groups in total. The Morgan fingerprint density at radius 3 is 2.47 bits per heavy atom. The van der Waals surface area contributed by atoms with Gasteiger partial charge in [0.1, 0.15) is 0 Å². The van der Waals surface area contributed by atoms with Gasteiger partial charge in [-0.2, -0.15) is 0 Å². The van der Waals surface area contributed by atoms with Gasteiger partial charge in [-0.05, 0) is 55.4 Å². The smallest absolute Gasteiger partial charge is 0.0637 e. The van der Waals surface area contributed by atoms with E-state index in [4.69, 9.17) is 4.74 Å². The van der Waals surface area contributed by atoms with Crippen LogP contribution in [-0.2, 0) is 4.74 Å². The zero-order valence-corrected chi connectivity index (χ0v) is 13.6. The van der Waals surface area contributed by atoms with Crippen molar-refractivity contribution in [3.05, 3.63) is 0 Å². The maximum absolute atomic E-state index is 6.36. The van der Waals surface area contributed by atoms with Crippen molar-refractivity contribution in [2.24, 2.45) is 16.7 Å². The maximum atomic E-state index is 6.36. The summed E-state index contributed by atoms with van der Waals surface area (Å²) in [5.41, 5.74) is 0.872. The first-order chi connectivity index (χ1) is 8.95. The topological polar surface area (TPSA) is 21.3 Å². The van der Waals surface area contributed by atoms with Gasteiger partial charge in [0, 0.05) is 6.04 Å². The minimum Gasteiger partial charge on any atom is -0.376 e. The normalized spacial score (nSPS) is 37.7. The molecule has 2 saturated carbocycles. The molecule has 0 saturated heterocycles. The highest BCUT2D eigenvalue weighted by Crippen LogP contribution is 2.66. The predicted molar refractivity (Wildman–Crippen MR) is 81.3 cm³/mol. The Hall–Kier alpha value is -0.0800. The van der Waals surface area contributed by atoms with Gasteiger partial charge in [-0.15, -0.1) is 0 Å². The molecule has 0 heterocycles. The molecule has 2 aliphatic rings. The van der Waals surface area contributed by atoms with Crippen LogP contribution in [0.5, 0.6) is 0 Å². The minimum atomic E-state index is 0.403. The van der Waals surface area contributed by atoms with E-state index in [1.165, 1.54) is 25.7 Å². The molecule has 2 fully saturated rings. The Morgan fingerprint density at radius 2 is 2.00 bits per heavy atom. The van der Waals surface area contributed by atoms with Crippen LogP contribution in [-0.4, -0.2) is 25.3 Å². The lowest BCUT2D eigenvalue weighted by Gasteiger charge is -2.39. The number of hydrogen-bond donors (Lipinski definition) is 1. The lowest BCUT2D eigenvalue weighted by atomic mass is 9.70. The van der Waals surface area contributed by atoms with E-state index in [1.54, 1.807) is 0 Å². The molecule has 2 nitrogen and oxygen atoms in total. The highest BCUT2D eigenvalue weighted by molar-refractivity contribution is 5.11. The molecule has 0 aliphatic heterocycles. The molecule has 19 heavy (non-hydrogen) atoms. The van der Waals surface area contributed by atoms with Crippen LogP contribution in [0.1, 0.15) is 66.7 Å². The van der Waals surface area contributed by atoms with Crippen LogP contribution in [0.3, 0.4) is 0 Å². The summed E-state index contributed by atoms with van der Waals surface area (Å²) in [6, 6.07) is 0.533. The molecule has 0 aromatic carbocycles. The van der Waals surface area contributed by atoms with E-state index in [2.05, 4.69) is 39.9 Å². The number of nitrogens with one attached hydrogen (secondary N) is 1. The Morgan fingerprint density at radius 1 is 1.26 bits per heavy atom. The quantitative estimate of drug-likeness (QED) is 0.753. The van der Waals surface area contributed by atoms with Crippen LogP contribution in [0.4, 0.5) is 0 Å². The zero-order chi connectivity index (χ0) is 14.1. The van der Waals surface area contributed by atoms with Crippen molar-refractivity contribution in [2.45, 2.75) is 78.9 Å². The Bertz CT molecular complexity index is 302. The molecule has 0 aromatic heterocycles. The second-order valence-corrected chi connectivity index (χ2v) is 7.49. The van der Waals surface area contributed by atoms with Gasteiger partial charge in [0.2, 0.25) is 0 Å². The lowest BCUT2D eigenvalue weighted by Crippen LogP contribution is -2.41. The van der Waals surface area contributed by atoms with Crippen LogP contribution in [0.15, 0.2) is 0 Å². The predicted octanol–water partition coefficient (Wildman–Crippen LogP) is 4.00. The second kappa shape index (κ2) is 5.73. The average Bonchev–Trinajstić information content (AvgIpc) is 2.72. The molecule has 0 radical (unpaired) electrons. The molecular weight excluding hydrogens is 234 g/mol. The van der Waals surface area contributed by atoms with Gasteiger partial charge in [-0.1, -0.05) is 34.6 Å². The van der Waals surface area contributed by atoms with Gasteiger partial charge in [0.25, 0.3) is 0 Å². The van der Waals surface area contributed by atoms with Crippen molar-refractivity contribution in [3.63, 3.8) is 0 Å². The first kappa shape index (κ1) is 15.3. The molecule has 4 unspecified atom stereocenters. The summed E-state index contributed by atoms with van der Waals surface area (Å²) in [7, 11) is 0. The van der Waals surface area contributed by atoms with E-state index in [9.17, 15) is 0 Å². The van der Waals surface area contributed by atoms with Crippen LogP contribution in [0.25, 0.3) is 0 Å². The van der Waals surface area contributed by atoms with Crippen LogP contribution in [0.2, 0.25) is 0 Å². The SMILES string of the molecule is CCCNC(CC)COC1CC2CCC1(C)C2(C)C. The van der Waals surface area contributed by atoms with E-state index >= 15 is 0 Å². The van der Waals surface area contributed by atoms with E-state index in [0.29, 0.717) is 23.0 Å². The Balaban J connectivity index is 1.87. The van der Waals surface area contributed by atoms with Crippen molar-refractivity contribution in [1.82, 2.24) is 5.32 Å². The largest absolute Gasteiger partial charge is 0.376 e. The summed E-state index contributed by atoms with van der Waals surface area (Å²) in [6.45, 7) is 13.9.